The molecular formula is C21H32N4O3. The average Bonchev–Trinajstić information content (AvgIpc) is 2.74. The van der Waals surface area contributed by atoms with Crippen LogP contribution < -0.4 is 10.2 Å². The second-order valence-corrected chi connectivity index (χ2v) is 7.80. The third kappa shape index (κ3) is 5.29. The molecule has 1 aromatic heterocycles. The number of rotatable bonds is 7. The predicted molar refractivity (Wildman–Crippen MR) is 109 cm³/mol. The number of carbonyl (C=O) groups is 2. The van der Waals surface area contributed by atoms with Crippen LogP contribution in [0.4, 0.5) is 5.82 Å². The number of amides is 1. The first-order valence-corrected chi connectivity index (χ1v) is 10.3. The van der Waals surface area contributed by atoms with E-state index in [-0.39, 0.29) is 17.6 Å². The summed E-state index contributed by atoms with van der Waals surface area (Å²) in [6.07, 6.45) is 5.88. The summed E-state index contributed by atoms with van der Waals surface area (Å²) in [6.45, 7) is 6.55. The molecule has 154 valence electrons. The Labute approximate surface area is 167 Å². The van der Waals surface area contributed by atoms with Gasteiger partial charge in [-0.15, -0.1) is 0 Å². The summed E-state index contributed by atoms with van der Waals surface area (Å²) in [5, 5.41) is 2.99. The summed E-state index contributed by atoms with van der Waals surface area (Å²) in [6, 6.07) is 4.33. The zero-order valence-corrected chi connectivity index (χ0v) is 17.0. The standard InChI is InChI=1S/C21H32N4O3/c1-16(26)17-5-6-20(23-14-17)24-11-7-19(8-12-24)25-10-3-4-18(15-25)21(27)22-9-13-28-2/h5-6,14,18-19H,3-4,7-13,15H2,1-2H3,(H,22,27)/t18-/m0/s1. The molecule has 1 aromatic rings. The maximum absolute atomic E-state index is 12.4. The molecule has 0 aromatic carbocycles. The number of aromatic nitrogens is 1. The Morgan fingerprint density at radius 2 is 2.00 bits per heavy atom. The highest BCUT2D eigenvalue weighted by Crippen LogP contribution is 2.26. The van der Waals surface area contributed by atoms with Crippen LogP contribution in [0.2, 0.25) is 0 Å². The number of likely N-dealkylation sites (tertiary alicyclic amines) is 1. The van der Waals surface area contributed by atoms with Crippen molar-refractivity contribution in [2.75, 3.05) is 51.3 Å². The summed E-state index contributed by atoms with van der Waals surface area (Å²) in [5.41, 5.74) is 0.654. The molecule has 2 saturated heterocycles. The summed E-state index contributed by atoms with van der Waals surface area (Å²) in [5.74, 6) is 1.24. The van der Waals surface area contributed by atoms with Crippen LogP contribution in [-0.4, -0.2) is 74.1 Å². The number of anilines is 1. The van der Waals surface area contributed by atoms with Crippen LogP contribution in [0.1, 0.15) is 43.0 Å². The fraction of sp³-hybridized carbons (Fsp3) is 0.667. The van der Waals surface area contributed by atoms with Crippen LogP contribution in [0.3, 0.4) is 0 Å². The Hall–Kier alpha value is -1.99. The van der Waals surface area contributed by atoms with Crippen molar-refractivity contribution < 1.29 is 14.3 Å². The number of nitrogens with zero attached hydrogens (tertiary/aromatic N) is 3. The van der Waals surface area contributed by atoms with Gasteiger partial charge < -0.3 is 15.0 Å². The Kier molecular flexibility index (Phi) is 7.39. The van der Waals surface area contributed by atoms with Crippen molar-refractivity contribution in [1.82, 2.24) is 15.2 Å². The van der Waals surface area contributed by atoms with Gasteiger partial charge in [-0.3, -0.25) is 14.5 Å². The molecule has 0 aliphatic carbocycles. The van der Waals surface area contributed by atoms with Crippen LogP contribution in [0.15, 0.2) is 18.3 Å². The molecule has 2 aliphatic rings. The zero-order valence-electron chi connectivity index (χ0n) is 17.0. The number of piperidine rings is 2. The minimum atomic E-state index is 0.0451. The van der Waals surface area contributed by atoms with Gasteiger partial charge in [-0.2, -0.15) is 0 Å². The SMILES string of the molecule is COCCNC(=O)[C@H]1CCCN(C2CCN(c3ccc(C(C)=O)cn3)CC2)C1. The van der Waals surface area contributed by atoms with E-state index in [1.807, 2.05) is 12.1 Å². The predicted octanol–water partition coefficient (Wildman–Crippen LogP) is 1.73. The molecule has 1 amide bonds. The van der Waals surface area contributed by atoms with Gasteiger partial charge in [0, 0.05) is 51.1 Å². The minimum absolute atomic E-state index is 0.0451. The molecule has 0 saturated carbocycles. The molecule has 2 fully saturated rings. The van der Waals surface area contributed by atoms with Gasteiger partial charge in [0.2, 0.25) is 5.91 Å². The molecule has 0 bridgehead atoms. The summed E-state index contributed by atoms with van der Waals surface area (Å²) < 4.78 is 5.01. The number of ketones is 1. The lowest BCUT2D eigenvalue weighted by atomic mass is 9.93. The summed E-state index contributed by atoms with van der Waals surface area (Å²) in [4.78, 5) is 33.0. The zero-order chi connectivity index (χ0) is 19.9. The molecule has 1 atom stereocenters. The number of Topliss-reactive ketones (excluding diaryl/α,β-unsaturated/α-hetero) is 1. The third-order valence-corrected chi connectivity index (χ3v) is 5.89. The maximum Gasteiger partial charge on any atom is 0.224 e. The minimum Gasteiger partial charge on any atom is -0.383 e. The maximum atomic E-state index is 12.4. The van der Waals surface area contributed by atoms with Gasteiger partial charge in [0.15, 0.2) is 5.78 Å². The summed E-state index contributed by atoms with van der Waals surface area (Å²) >= 11 is 0. The molecule has 0 spiro atoms. The van der Waals surface area contributed by atoms with Crippen LogP contribution >= 0.6 is 0 Å². The molecule has 28 heavy (non-hydrogen) atoms. The van der Waals surface area contributed by atoms with E-state index >= 15 is 0 Å². The van der Waals surface area contributed by atoms with Crippen molar-refractivity contribution in [2.45, 2.75) is 38.6 Å². The number of pyridine rings is 1. The molecule has 0 unspecified atom stereocenters. The Morgan fingerprint density at radius 1 is 1.21 bits per heavy atom. The van der Waals surface area contributed by atoms with E-state index in [9.17, 15) is 9.59 Å². The van der Waals surface area contributed by atoms with Crippen molar-refractivity contribution in [3.8, 4) is 0 Å². The number of carbonyl (C=O) groups excluding carboxylic acids is 2. The number of hydrogen-bond donors (Lipinski definition) is 1. The smallest absolute Gasteiger partial charge is 0.224 e. The van der Waals surface area contributed by atoms with Crippen LogP contribution in [-0.2, 0) is 9.53 Å². The van der Waals surface area contributed by atoms with Gasteiger partial charge >= 0.3 is 0 Å². The third-order valence-electron chi connectivity index (χ3n) is 5.89. The fourth-order valence-electron chi connectivity index (χ4n) is 4.21. The fourth-order valence-corrected chi connectivity index (χ4v) is 4.21. The van der Waals surface area contributed by atoms with E-state index in [4.69, 9.17) is 4.74 Å². The lowest BCUT2D eigenvalue weighted by molar-refractivity contribution is -0.127. The Balaban J connectivity index is 1.48. The highest BCUT2D eigenvalue weighted by atomic mass is 16.5. The van der Waals surface area contributed by atoms with Crippen molar-refractivity contribution >= 4 is 17.5 Å². The Bertz CT molecular complexity index is 656. The largest absolute Gasteiger partial charge is 0.383 e. The number of nitrogens with one attached hydrogen (secondary N) is 1. The molecule has 7 nitrogen and oxygen atoms in total. The molecule has 7 heteroatoms. The van der Waals surface area contributed by atoms with Gasteiger partial charge in [0.05, 0.1) is 12.5 Å². The van der Waals surface area contributed by atoms with Crippen LogP contribution in [0.5, 0.6) is 0 Å². The van der Waals surface area contributed by atoms with Crippen molar-refractivity contribution in [1.29, 1.82) is 0 Å². The molecule has 2 aliphatic heterocycles. The van der Waals surface area contributed by atoms with Gasteiger partial charge in [-0.05, 0) is 51.3 Å². The quantitative estimate of drug-likeness (QED) is 0.566. The topological polar surface area (TPSA) is 74.8 Å². The van der Waals surface area contributed by atoms with Crippen molar-refractivity contribution in [3.63, 3.8) is 0 Å². The van der Waals surface area contributed by atoms with E-state index in [1.165, 1.54) is 0 Å². The monoisotopic (exact) mass is 388 g/mol. The van der Waals surface area contributed by atoms with E-state index in [0.29, 0.717) is 24.8 Å². The first-order chi connectivity index (χ1) is 13.6. The second kappa shape index (κ2) is 9.98. The van der Waals surface area contributed by atoms with Gasteiger partial charge in [-0.25, -0.2) is 4.98 Å². The van der Waals surface area contributed by atoms with Crippen LogP contribution in [0, 0.1) is 5.92 Å². The number of ether oxygens (including phenoxy) is 1. The van der Waals surface area contributed by atoms with E-state index < -0.39 is 0 Å². The summed E-state index contributed by atoms with van der Waals surface area (Å²) in [7, 11) is 1.65. The lowest BCUT2D eigenvalue weighted by Gasteiger charge is -2.42. The Morgan fingerprint density at radius 3 is 2.64 bits per heavy atom. The highest BCUT2D eigenvalue weighted by molar-refractivity contribution is 5.93. The second-order valence-electron chi connectivity index (χ2n) is 7.80. The molecule has 1 N–H and O–H groups in total. The van der Waals surface area contributed by atoms with E-state index in [1.54, 1.807) is 20.2 Å². The lowest BCUT2D eigenvalue weighted by Crippen LogP contribution is -2.51. The first kappa shape index (κ1) is 20.7. The molecule has 3 heterocycles. The van der Waals surface area contributed by atoms with E-state index in [2.05, 4.69) is 20.1 Å². The molecular weight excluding hydrogens is 356 g/mol. The molecule has 3 rings (SSSR count). The van der Waals surface area contributed by atoms with Crippen LogP contribution in [0.25, 0.3) is 0 Å². The average molecular weight is 389 g/mol. The van der Waals surface area contributed by atoms with Gasteiger partial charge in [0.1, 0.15) is 5.82 Å². The van der Waals surface area contributed by atoms with E-state index in [0.717, 1.165) is 57.7 Å². The first-order valence-electron chi connectivity index (χ1n) is 10.3. The number of methoxy groups -OCH3 is 1. The number of hydrogen-bond acceptors (Lipinski definition) is 6. The van der Waals surface area contributed by atoms with Crippen molar-refractivity contribution in [2.24, 2.45) is 5.92 Å². The van der Waals surface area contributed by atoms with Gasteiger partial charge in [-0.1, -0.05) is 0 Å². The molecule has 0 radical (unpaired) electrons. The normalized spacial score (nSPS) is 21.5. The highest BCUT2D eigenvalue weighted by Gasteiger charge is 2.31. The van der Waals surface area contributed by atoms with Crippen molar-refractivity contribution in [3.05, 3.63) is 23.9 Å². The van der Waals surface area contributed by atoms with Gasteiger partial charge in [0.25, 0.3) is 0 Å².